The van der Waals surface area contributed by atoms with E-state index in [1.54, 1.807) is 0 Å². The van der Waals surface area contributed by atoms with Gasteiger partial charge in [-0.3, -0.25) is 9.59 Å². The van der Waals surface area contributed by atoms with Crippen molar-refractivity contribution in [2.45, 2.75) is 32.6 Å². The minimum Gasteiger partial charge on any atom is -0.481 e. The summed E-state index contributed by atoms with van der Waals surface area (Å²) in [6, 6.07) is 0. The Balaban J connectivity index is 1.59. The quantitative estimate of drug-likeness (QED) is 0.832. The van der Waals surface area contributed by atoms with Crippen molar-refractivity contribution in [2.24, 2.45) is 16.7 Å². The molecule has 3 fully saturated rings. The predicted octanol–water partition coefficient (Wildman–Crippen LogP) is 1.13. The van der Waals surface area contributed by atoms with Crippen LogP contribution in [0.4, 0.5) is 0 Å². The van der Waals surface area contributed by atoms with Crippen LogP contribution in [0.2, 0.25) is 0 Å². The van der Waals surface area contributed by atoms with E-state index < -0.39 is 5.97 Å². The van der Waals surface area contributed by atoms with E-state index in [0.717, 1.165) is 25.7 Å². The molecule has 3 aliphatic rings. The summed E-state index contributed by atoms with van der Waals surface area (Å²) in [5.41, 5.74) is -0.293. The number of carboxylic acids is 1. The Morgan fingerprint density at radius 1 is 1.32 bits per heavy atom. The van der Waals surface area contributed by atoms with E-state index in [0.29, 0.717) is 26.3 Å². The van der Waals surface area contributed by atoms with Gasteiger partial charge in [0.2, 0.25) is 5.91 Å². The van der Waals surface area contributed by atoms with Crippen molar-refractivity contribution in [1.82, 2.24) is 4.90 Å². The molecule has 0 aromatic carbocycles. The smallest absolute Gasteiger partial charge is 0.307 e. The Hall–Kier alpha value is -1.10. The fourth-order valence-corrected chi connectivity index (χ4v) is 3.57. The van der Waals surface area contributed by atoms with Crippen LogP contribution in [-0.2, 0) is 14.3 Å². The lowest BCUT2D eigenvalue weighted by molar-refractivity contribution is -0.174. The Bertz CT molecular complexity index is 402. The van der Waals surface area contributed by atoms with Gasteiger partial charge in [-0.25, -0.2) is 0 Å². The van der Waals surface area contributed by atoms with Gasteiger partial charge in [-0.1, -0.05) is 6.92 Å². The standard InChI is InChI=1S/C14H21NO4/c1-2-13(8-19-9-13)12(18)15-5-3-14(4-6-15)7-10(14)11(16)17/h10H,2-9H2,1H3,(H,16,17). The first-order valence-corrected chi connectivity index (χ1v) is 7.13. The van der Waals surface area contributed by atoms with Crippen molar-refractivity contribution >= 4 is 11.9 Å². The van der Waals surface area contributed by atoms with Crippen molar-refractivity contribution in [1.29, 1.82) is 0 Å². The van der Waals surface area contributed by atoms with Crippen LogP contribution in [0.5, 0.6) is 0 Å². The first-order chi connectivity index (χ1) is 9.03. The number of carboxylic acid groups (broad SMARTS) is 1. The summed E-state index contributed by atoms with van der Waals surface area (Å²) in [5, 5.41) is 9.06. The zero-order chi connectivity index (χ0) is 13.7. The molecule has 1 saturated carbocycles. The molecule has 0 aromatic heterocycles. The number of amides is 1. The highest BCUT2D eigenvalue weighted by Gasteiger charge is 2.59. The number of rotatable bonds is 3. The summed E-state index contributed by atoms with van der Waals surface area (Å²) in [4.78, 5) is 25.4. The third-order valence-corrected chi connectivity index (χ3v) is 5.42. The van der Waals surface area contributed by atoms with Crippen molar-refractivity contribution in [2.75, 3.05) is 26.3 Å². The Morgan fingerprint density at radius 2 is 1.95 bits per heavy atom. The van der Waals surface area contributed by atoms with Crippen LogP contribution >= 0.6 is 0 Å². The van der Waals surface area contributed by atoms with Gasteiger partial charge in [0.25, 0.3) is 0 Å². The number of likely N-dealkylation sites (tertiary alicyclic amines) is 1. The number of hydrogen-bond acceptors (Lipinski definition) is 3. The summed E-state index contributed by atoms with van der Waals surface area (Å²) in [5.74, 6) is -0.627. The maximum absolute atomic E-state index is 12.5. The van der Waals surface area contributed by atoms with Crippen molar-refractivity contribution in [3.05, 3.63) is 0 Å². The average Bonchev–Trinajstić information content (AvgIpc) is 3.04. The first kappa shape index (κ1) is 12.9. The van der Waals surface area contributed by atoms with Gasteiger partial charge in [0.1, 0.15) is 0 Å². The highest BCUT2D eigenvalue weighted by atomic mass is 16.5. The molecule has 2 aliphatic heterocycles. The molecule has 1 atom stereocenters. The van der Waals surface area contributed by atoms with Crippen LogP contribution in [0.25, 0.3) is 0 Å². The number of ether oxygens (including phenoxy) is 1. The second kappa shape index (κ2) is 4.20. The van der Waals surface area contributed by atoms with Crippen molar-refractivity contribution in [3.63, 3.8) is 0 Å². The van der Waals surface area contributed by atoms with Gasteiger partial charge in [-0.05, 0) is 31.1 Å². The lowest BCUT2D eigenvalue weighted by Crippen LogP contribution is -2.56. The summed E-state index contributed by atoms with van der Waals surface area (Å²) >= 11 is 0. The molecule has 1 spiro atoms. The number of piperidine rings is 1. The van der Waals surface area contributed by atoms with Gasteiger partial charge in [0.15, 0.2) is 0 Å². The van der Waals surface area contributed by atoms with Gasteiger partial charge in [0, 0.05) is 13.1 Å². The van der Waals surface area contributed by atoms with Crippen molar-refractivity contribution in [3.8, 4) is 0 Å². The number of aliphatic carboxylic acids is 1. The van der Waals surface area contributed by atoms with E-state index in [1.165, 1.54) is 0 Å². The molecule has 2 saturated heterocycles. The molecule has 5 nitrogen and oxygen atoms in total. The highest BCUT2D eigenvalue weighted by molar-refractivity contribution is 5.84. The minimum absolute atomic E-state index is 0.00188. The van der Waals surface area contributed by atoms with E-state index in [4.69, 9.17) is 9.84 Å². The van der Waals surface area contributed by atoms with Gasteiger partial charge < -0.3 is 14.7 Å². The molecule has 106 valence electrons. The normalized spacial score (nSPS) is 30.8. The lowest BCUT2D eigenvalue weighted by atomic mass is 9.80. The molecule has 1 N–H and O–H groups in total. The zero-order valence-corrected chi connectivity index (χ0v) is 11.4. The first-order valence-electron chi connectivity index (χ1n) is 7.13. The van der Waals surface area contributed by atoms with Crippen LogP contribution < -0.4 is 0 Å². The number of hydrogen-bond donors (Lipinski definition) is 1. The third-order valence-electron chi connectivity index (χ3n) is 5.42. The van der Waals surface area contributed by atoms with E-state index in [2.05, 4.69) is 0 Å². The van der Waals surface area contributed by atoms with Crippen LogP contribution in [0.15, 0.2) is 0 Å². The number of carbonyl (C=O) groups is 2. The highest BCUT2D eigenvalue weighted by Crippen LogP contribution is 2.59. The topological polar surface area (TPSA) is 66.8 Å². The second-order valence-corrected chi connectivity index (χ2v) is 6.38. The monoisotopic (exact) mass is 267 g/mol. The summed E-state index contributed by atoms with van der Waals surface area (Å²) in [6.45, 7) is 4.55. The summed E-state index contributed by atoms with van der Waals surface area (Å²) in [6.07, 6.45) is 3.31. The molecule has 1 unspecified atom stereocenters. The fourth-order valence-electron chi connectivity index (χ4n) is 3.57. The molecular formula is C14H21NO4. The largest absolute Gasteiger partial charge is 0.481 e. The molecule has 1 aliphatic carbocycles. The maximum Gasteiger partial charge on any atom is 0.307 e. The Kier molecular flexibility index (Phi) is 2.85. The molecular weight excluding hydrogens is 246 g/mol. The molecule has 19 heavy (non-hydrogen) atoms. The lowest BCUT2D eigenvalue weighted by Gasteiger charge is -2.44. The van der Waals surface area contributed by atoms with E-state index in [1.807, 2.05) is 11.8 Å². The van der Waals surface area contributed by atoms with Crippen LogP contribution in [0, 0.1) is 16.7 Å². The summed E-state index contributed by atoms with van der Waals surface area (Å²) in [7, 11) is 0. The Morgan fingerprint density at radius 3 is 2.32 bits per heavy atom. The van der Waals surface area contributed by atoms with Gasteiger partial charge in [-0.2, -0.15) is 0 Å². The SMILES string of the molecule is CCC1(C(=O)N2CCC3(CC2)CC3C(=O)O)COC1. The molecule has 5 heteroatoms. The molecule has 2 heterocycles. The second-order valence-electron chi connectivity index (χ2n) is 6.38. The molecule has 0 aromatic rings. The number of carbonyl (C=O) groups excluding carboxylic acids is 1. The van der Waals surface area contributed by atoms with Gasteiger partial charge in [0.05, 0.1) is 24.5 Å². The zero-order valence-electron chi connectivity index (χ0n) is 11.4. The molecule has 0 bridgehead atoms. The predicted molar refractivity (Wildman–Crippen MR) is 67.5 cm³/mol. The fraction of sp³-hybridized carbons (Fsp3) is 0.857. The van der Waals surface area contributed by atoms with Crippen LogP contribution in [0.3, 0.4) is 0 Å². The third kappa shape index (κ3) is 1.86. The van der Waals surface area contributed by atoms with E-state index in [9.17, 15) is 9.59 Å². The minimum atomic E-state index is -0.669. The van der Waals surface area contributed by atoms with Crippen LogP contribution in [0.1, 0.15) is 32.6 Å². The molecule has 1 amide bonds. The number of nitrogens with zero attached hydrogens (tertiary/aromatic N) is 1. The Labute approximate surface area is 112 Å². The molecule has 0 radical (unpaired) electrons. The summed E-state index contributed by atoms with van der Waals surface area (Å²) < 4.78 is 5.22. The van der Waals surface area contributed by atoms with Crippen LogP contribution in [-0.4, -0.2) is 48.2 Å². The van der Waals surface area contributed by atoms with E-state index in [-0.39, 0.29) is 22.7 Å². The average molecular weight is 267 g/mol. The van der Waals surface area contributed by atoms with Gasteiger partial charge in [-0.15, -0.1) is 0 Å². The maximum atomic E-state index is 12.5. The van der Waals surface area contributed by atoms with Crippen molar-refractivity contribution < 1.29 is 19.4 Å². The van der Waals surface area contributed by atoms with E-state index >= 15 is 0 Å². The van der Waals surface area contributed by atoms with Gasteiger partial charge >= 0.3 is 5.97 Å². The molecule has 3 rings (SSSR count).